The van der Waals surface area contributed by atoms with Gasteiger partial charge in [0.15, 0.2) is 0 Å². The second-order valence-electron chi connectivity index (χ2n) is 4.91. The van der Waals surface area contributed by atoms with Crippen LogP contribution in [0.2, 0.25) is 5.02 Å². The van der Waals surface area contributed by atoms with Crippen LogP contribution in [0.5, 0.6) is 5.75 Å². The van der Waals surface area contributed by atoms with Gasteiger partial charge in [-0.05, 0) is 42.8 Å². The van der Waals surface area contributed by atoms with E-state index < -0.39 is 11.8 Å². The summed E-state index contributed by atoms with van der Waals surface area (Å²) in [5.74, 6) is -1.15. The zero-order valence-corrected chi connectivity index (χ0v) is 13.9. The number of carbonyl (C=O) groups is 2. The fraction of sp³-hybridized carbons (Fsp3) is 0.118. The Labute approximate surface area is 144 Å². The molecule has 0 heterocycles. The predicted octanol–water partition coefficient (Wildman–Crippen LogP) is 2.75. The van der Waals surface area contributed by atoms with E-state index in [1.807, 2.05) is 13.0 Å². The van der Waals surface area contributed by atoms with Gasteiger partial charge >= 0.3 is 11.8 Å². The van der Waals surface area contributed by atoms with E-state index in [1.165, 1.54) is 13.3 Å². The molecule has 0 aromatic heterocycles. The first-order valence-corrected chi connectivity index (χ1v) is 7.42. The maximum Gasteiger partial charge on any atom is 0.329 e. The number of hydrogen-bond acceptors (Lipinski definition) is 4. The number of carbonyl (C=O) groups excluding carboxylic acids is 2. The van der Waals surface area contributed by atoms with Crippen molar-refractivity contribution >= 4 is 35.3 Å². The third-order valence-corrected chi connectivity index (χ3v) is 3.28. The van der Waals surface area contributed by atoms with Crippen molar-refractivity contribution < 1.29 is 14.3 Å². The van der Waals surface area contributed by atoms with Gasteiger partial charge in [-0.1, -0.05) is 23.7 Å². The van der Waals surface area contributed by atoms with Gasteiger partial charge in [0, 0.05) is 16.3 Å². The van der Waals surface area contributed by atoms with Crippen molar-refractivity contribution in [3.63, 3.8) is 0 Å². The average Bonchev–Trinajstić information content (AvgIpc) is 2.55. The largest absolute Gasteiger partial charge is 0.496 e. The zero-order valence-electron chi connectivity index (χ0n) is 13.2. The second-order valence-corrected chi connectivity index (χ2v) is 5.35. The van der Waals surface area contributed by atoms with E-state index in [4.69, 9.17) is 16.3 Å². The van der Waals surface area contributed by atoms with E-state index in [1.54, 1.807) is 36.4 Å². The SMILES string of the molecule is COc1ccc(Cl)cc1/C=N\NC(=O)C(=O)Nc1cccc(C)c1. The van der Waals surface area contributed by atoms with Crippen molar-refractivity contribution in [3.8, 4) is 5.75 Å². The number of halogens is 1. The van der Waals surface area contributed by atoms with Crippen molar-refractivity contribution in [2.75, 3.05) is 12.4 Å². The summed E-state index contributed by atoms with van der Waals surface area (Å²) in [7, 11) is 1.51. The molecule has 2 N–H and O–H groups in total. The molecule has 2 aromatic rings. The van der Waals surface area contributed by atoms with Crippen LogP contribution in [0, 0.1) is 6.92 Å². The standard InChI is InChI=1S/C17H16ClN3O3/c1-11-4-3-5-14(8-11)20-16(22)17(23)21-19-10-12-9-13(18)6-7-15(12)24-2/h3-10H,1-2H3,(H,20,22)(H,21,23)/b19-10-. The average molecular weight is 346 g/mol. The lowest BCUT2D eigenvalue weighted by Crippen LogP contribution is -2.32. The predicted molar refractivity (Wildman–Crippen MR) is 93.5 cm³/mol. The summed E-state index contributed by atoms with van der Waals surface area (Å²) in [4.78, 5) is 23.6. The molecule has 0 fully saturated rings. The Hall–Kier alpha value is -2.86. The molecule has 0 spiro atoms. The maximum absolute atomic E-state index is 11.8. The van der Waals surface area contributed by atoms with Crippen LogP contribution >= 0.6 is 11.6 Å². The van der Waals surface area contributed by atoms with Crippen molar-refractivity contribution in [1.82, 2.24) is 5.43 Å². The molecule has 0 bridgehead atoms. The Bertz CT molecular complexity index is 790. The Balaban J connectivity index is 1.97. The van der Waals surface area contributed by atoms with Gasteiger partial charge in [0.05, 0.1) is 13.3 Å². The van der Waals surface area contributed by atoms with E-state index in [0.29, 0.717) is 22.0 Å². The van der Waals surface area contributed by atoms with Crippen LogP contribution < -0.4 is 15.5 Å². The summed E-state index contributed by atoms with van der Waals surface area (Å²) in [6, 6.07) is 12.1. The molecule has 7 heteroatoms. The van der Waals surface area contributed by atoms with E-state index >= 15 is 0 Å². The highest BCUT2D eigenvalue weighted by atomic mass is 35.5. The Morgan fingerprint density at radius 2 is 1.96 bits per heavy atom. The molecule has 2 rings (SSSR count). The maximum atomic E-state index is 11.8. The van der Waals surface area contributed by atoms with Crippen LogP contribution in [0.15, 0.2) is 47.6 Å². The number of amides is 2. The van der Waals surface area contributed by atoms with E-state index in [9.17, 15) is 9.59 Å². The van der Waals surface area contributed by atoms with Crippen LogP contribution in [0.25, 0.3) is 0 Å². The molecule has 0 saturated carbocycles. The van der Waals surface area contributed by atoms with Crippen molar-refractivity contribution in [2.24, 2.45) is 5.10 Å². The number of aryl methyl sites for hydroxylation is 1. The summed E-state index contributed by atoms with van der Waals surface area (Å²) in [5, 5.41) is 6.74. The van der Waals surface area contributed by atoms with E-state index in [0.717, 1.165) is 5.56 Å². The van der Waals surface area contributed by atoms with E-state index in [-0.39, 0.29) is 0 Å². The number of hydrogen-bond donors (Lipinski definition) is 2. The quantitative estimate of drug-likeness (QED) is 0.508. The minimum absolute atomic E-state index is 0.501. The number of ether oxygens (including phenoxy) is 1. The molecule has 0 aliphatic carbocycles. The van der Waals surface area contributed by atoms with Gasteiger partial charge in [0.1, 0.15) is 5.75 Å². The first-order chi connectivity index (χ1) is 11.5. The molecule has 0 saturated heterocycles. The molecule has 2 amide bonds. The minimum atomic E-state index is -0.881. The number of nitrogens with one attached hydrogen (secondary N) is 2. The molecule has 124 valence electrons. The molecule has 6 nitrogen and oxygen atoms in total. The summed E-state index contributed by atoms with van der Waals surface area (Å²) in [5.41, 5.74) is 4.24. The minimum Gasteiger partial charge on any atom is -0.496 e. The first kappa shape index (κ1) is 17.5. The number of hydrazone groups is 1. The number of rotatable bonds is 4. The summed E-state index contributed by atoms with van der Waals surface area (Å²) < 4.78 is 5.15. The van der Waals surface area contributed by atoms with Crippen LogP contribution in [0.1, 0.15) is 11.1 Å². The van der Waals surface area contributed by atoms with Gasteiger partial charge < -0.3 is 10.1 Å². The Morgan fingerprint density at radius 1 is 1.17 bits per heavy atom. The zero-order chi connectivity index (χ0) is 17.5. The van der Waals surface area contributed by atoms with Gasteiger partial charge in [-0.15, -0.1) is 0 Å². The highest BCUT2D eigenvalue weighted by Crippen LogP contribution is 2.20. The second kappa shape index (κ2) is 8.12. The Morgan fingerprint density at radius 3 is 2.67 bits per heavy atom. The molecule has 2 aromatic carbocycles. The first-order valence-electron chi connectivity index (χ1n) is 7.04. The lowest BCUT2D eigenvalue weighted by Gasteiger charge is -2.05. The highest BCUT2D eigenvalue weighted by Gasteiger charge is 2.12. The normalized spacial score (nSPS) is 10.5. The van der Waals surface area contributed by atoms with Crippen LogP contribution in [-0.4, -0.2) is 25.1 Å². The van der Waals surface area contributed by atoms with Crippen molar-refractivity contribution in [3.05, 3.63) is 58.6 Å². The number of nitrogens with zero attached hydrogens (tertiary/aromatic N) is 1. The summed E-state index contributed by atoms with van der Waals surface area (Å²) >= 11 is 5.90. The van der Waals surface area contributed by atoms with Gasteiger partial charge in [-0.3, -0.25) is 9.59 Å². The smallest absolute Gasteiger partial charge is 0.329 e. The molecule has 24 heavy (non-hydrogen) atoms. The number of anilines is 1. The van der Waals surface area contributed by atoms with Crippen LogP contribution in [0.3, 0.4) is 0 Å². The van der Waals surface area contributed by atoms with Crippen molar-refractivity contribution in [1.29, 1.82) is 0 Å². The molecular formula is C17H16ClN3O3. The number of benzene rings is 2. The van der Waals surface area contributed by atoms with Gasteiger partial charge in [0.25, 0.3) is 0 Å². The van der Waals surface area contributed by atoms with E-state index in [2.05, 4.69) is 15.8 Å². The fourth-order valence-corrected chi connectivity index (χ4v) is 2.11. The van der Waals surface area contributed by atoms with Crippen LogP contribution in [-0.2, 0) is 9.59 Å². The van der Waals surface area contributed by atoms with Gasteiger partial charge in [0.2, 0.25) is 0 Å². The third kappa shape index (κ3) is 4.82. The van der Waals surface area contributed by atoms with Crippen molar-refractivity contribution in [2.45, 2.75) is 6.92 Å². The lowest BCUT2D eigenvalue weighted by atomic mass is 10.2. The third-order valence-electron chi connectivity index (χ3n) is 3.04. The van der Waals surface area contributed by atoms with Crippen LogP contribution in [0.4, 0.5) is 5.69 Å². The van der Waals surface area contributed by atoms with Gasteiger partial charge in [-0.2, -0.15) is 5.10 Å². The van der Waals surface area contributed by atoms with Gasteiger partial charge in [-0.25, -0.2) is 5.43 Å². The molecule has 0 aliphatic rings. The molecular weight excluding hydrogens is 330 g/mol. The number of methoxy groups -OCH3 is 1. The monoisotopic (exact) mass is 345 g/mol. The molecule has 0 radical (unpaired) electrons. The molecule has 0 aliphatic heterocycles. The lowest BCUT2D eigenvalue weighted by molar-refractivity contribution is -0.136. The molecule has 0 atom stereocenters. The Kier molecular flexibility index (Phi) is 5.92. The fourth-order valence-electron chi connectivity index (χ4n) is 1.93. The highest BCUT2D eigenvalue weighted by molar-refractivity contribution is 6.39. The summed E-state index contributed by atoms with van der Waals surface area (Å²) in [6.07, 6.45) is 1.35. The summed E-state index contributed by atoms with van der Waals surface area (Å²) in [6.45, 7) is 1.89. The topological polar surface area (TPSA) is 79.8 Å². The molecule has 0 unspecified atom stereocenters.